The summed E-state index contributed by atoms with van der Waals surface area (Å²) in [5.74, 6) is -1.26. The second-order valence-electron chi connectivity index (χ2n) is 6.30. The van der Waals surface area contributed by atoms with Gasteiger partial charge in [-0.1, -0.05) is 0 Å². The summed E-state index contributed by atoms with van der Waals surface area (Å²) in [6, 6.07) is 0. The summed E-state index contributed by atoms with van der Waals surface area (Å²) < 4.78 is 11.7. The van der Waals surface area contributed by atoms with Gasteiger partial charge in [0.1, 0.15) is 12.8 Å². The van der Waals surface area contributed by atoms with E-state index in [0.717, 1.165) is 24.2 Å². The summed E-state index contributed by atoms with van der Waals surface area (Å²) in [4.78, 5) is 24.8. The Morgan fingerprint density at radius 3 is 2.67 bits per heavy atom. The second-order valence-corrected chi connectivity index (χ2v) is 6.30. The van der Waals surface area contributed by atoms with Crippen LogP contribution in [0.4, 0.5) is 0 Å². The minimum Gasteiger partial charge on any atom is -0.370 e. The standard InChI is InChI=1S/C14H18N2O5/c17-11(7-16-12(18)1-2-13(16)19)15-14-6-8-3-9(20-14)5-10(4-8)21-14/h1-2,8-10,12,18H,3-7H2,(H,15,17). The smallest absolute Gasteiger partial charge is 0.252 e. The zero-order chi connectivity index (χ0) is 14.6. The van der Waals surface area contributed by atoms with Crippen LogP contribution >= 0.6 is 0 Å². The third kappa shape index (κ3) is 2.25. The van der Waals surface area contributed by atoms with Gasteiger partial charge >= 0.3 is 0 Å². The van der Waals surface area contributed by atoms with Crippen molar-refractivity contribution >= 4 is 11.8 Å². The maximum atomic E-state index is 12.2. The molecule has 2 amide bonds. The summed E-state index contributed by atoms with van der Waals surface area (Å²) in [5.41, 5.74) is 0. The Labute approximate surface area is 121 Å². The maximum absolute atomic E-state index is 12.2. The molecule has 5 aliphatic rings. The topological polar surface area (TPSA) is 88.1 Å². The van der Waals surface area contributed by atoms with Gasteiger partial charge in [0.2, 0.25) is 11.8 Å². The average molecular weight is 294 g/mol. The maximum Gasteiger partial charge on any atom is 0.252 e. The van der Waals surface area contributed by atoms with Crippen LogP contribution in [-0.4, -0.2) is 52.7 Å². The number of aliphatic hydroxyl groups excluding tert-OH is 1. The van der Waals surface area contributed by atoms with E-state index in [1.165, 1.54) is 12.2 Å². The fraction of sp³-hybridized carbons (Fsp3) is 0.714. The van der Waals surface area contributed by atoms with Gasteiger partial charge < -0.3 is 24.8 Å². The van der Waals surface area contributed by atoms with Gasteiger partial charge in [0.05, 0.1) is 12.2 Å². The van der Waals surface area contributed by atoms with Crippen molar-refractivity contribution in [3.63, 3.8) is 0 Å². The molecule has 3 unspecified atom stereocenters. The number of ether oxygens (including phenoxy) is 2. The van der Waals surface area contributed by atoms with Gasteiger partial charge in [0.25, 0.3) is 5.91 Å². The lowest BCUT2D eigenvalue weighted by Crippen LogP contribution is -2.67. The predicted octanol–water partition coefficient (Wildman–Crippen LogP) is -0.539. The molecule has 0 spiro atoms. The van der Waals surface area contributed by atoms with Gasteiger partial charge in [-0.05, 0) is 24.8 Å². The van der Waals surface area contributed by atoms with Crippen molar-refractivity contribution in [3.8, 4) is 0 Å². The highest BCUT2D eigenvalue weighted by Crippen LogP contribution is 2.47. The lowest BCUT2D eigenvalue weighted by Gasteiger charge is -2.55. The Hall–Kier alpha value is -1.44. The molecule has 1 saturated carbocycles. The number of carbonyl (C=O) groups is 2. The van der Waals surface area contributed by atoms with Gasteiger partial charge in [-0.2, -0.15) is 0 Å². The van der Waals surface area contributed by atoms with Crippen molar-refractivity contribution in [2.45, 2.75) is 50.0 Å². The Bertz CT molecular complexity index is 482. The second kappa shape index (κ2) is 4.53. The van der Waals surface area contributed by atoms with Gasteiger partial charge in [-0.15, -0.1) is 0 Å². The van der Waals surface area contributed by atoms with Crippen LogP contribution in [0.2, 0.25) is 0 Å². The van der Waals surface area contributed by atoms with Crippen LogP contribution in [0.1, 0.15) is 25.7 Å². The molecule has 0 aromatic rings. The zero-order valence-electron chi connectivity index (χ0n) is 11.5. The molecule has 21 heavy (non-hydrogen) atoms. The molecule has 2 N–H and O–H groups in total. The third-order valence-corrected chi connectivity index (χ3v) is 4.65. The van der Waals surface area contributed by atoms with Crippen molar-refractivity contribution in [1.29, 1.82) is 0 Å². The molecule has 0 aromatic heterocycles. The molecule has 1 aliphatic carbocycles. The molecule has 3 saturated heterocycles. The van der Waals surface area contributed by atoms with Gasteiger partial charge in [0.15, 0.2) is 0 Å². The van der Waals surface area contributed by atoms with E-state index in [1.54, 1.807) is 0 Å². The summed E-state index contributed by atoms with van der Waals surface area (Å²) in [5, 5.41) is 12.4. The van der Waals surface area contributed by atoms with Crippen LogP contribution in [-0.2, 0) is 19.1 Å². The van der Waals surface area contributed by atoms with E-state index in [2.05, 4.69) is 5.32 Å². The molecule has 5 rings (SSSR count). The van der Waals surface area contributed by atoms with Crippen LogP contribution in [0.5, 0.6) is 0 Å². The third-order valence-electron chi connectivity index (χ3n) is 4.65. The van der Waals surface area contributed by atoms with Crippen LogP contribution in [0.15, 0.2) is 12.2 Å². The quantitative estimate of drug-likeness (QED) is 0.730. The lowest BCUT2D eigenvalue weighted by atomic mass is 9.77. The van der Waals surface area contributed by atoms with E-state index in [1.807, 2.05) is 0 Å². The van der Waals surface area contributed by atoms with Crippen LogP contribution in [0.3, 0.4) is 0 Å². The molecular formula is C14H18N2O5. The number of hydrogen-bond donors (Lipinski definition) is 2. The van der Waals surface area contributed by atoms with Crippen LogP contribution < -0.4 is 5.32 Å². The highest BCUT2D eigenvalue weighted by molar-refractivity contribution is 5.93. The van der Waals surface area contributed by atoms with E-state index in [9.17, 15) is 14.7 Å². The molecule has 0 radical (unpaired) electrons. The average Bonchev–Trinajstić information content (AvgIpc) is 2.68. The molecule has 4 aliphatic heterocycles. The van der Waals surface area contributed by atoms with Crippen LogP contribution in [0.25, 0.3) is 0 Å². The van der Waals surface area contributed by atoms with Crippen molar-refractivity contribution in [3.05, 3.63) is 12.2 Å². The highest BCUT2D eigenvalue weighted by atomic mass is 16.7. The molecule has 7 heteroatoms. The van der Waals surface area contributed by atoms with Crippen molar-refractivity contribution in [2.75, 3.05) is 6.54 Å². The first-order valence-corrected chi connectivity index (χ1v) is 7.36. The first kappa shape index (κ1) is 13.2. The summed E-state index contributed by atoms with van der Waals surface area (Å²) >= 11 is 0. The van der Waals surface area contributed by atoms with Gasteiger partial charge in [-0.25, -0.2) is 0 Å². The Kier molecular flexibility index (Phi) is 2.85. The predicted molar refractivity (Wildman–Crippen MR) is 69.4 cm³/mol. The van der Waals surface area contributed by atoms with E-state index in [-0.39, 0.29) is 30.6 Å². The van der Waals surface area contributed by atoms with Gasteiger partial charge in [-0.3, -0.25) is 9.59 Å². The number of aliphatic hydroxyl groups is 1. The Morgan fingerprint density at radius 1 is 1.38 bits per heavy atom. The van der Waals surface area contributed by atoms with Crippen molar-refractivity contribution in [1.82, 2.24) is 10.2 Å². The normalized spacial score (nSPS) is 43.7. The zero-order valence-corrected chi connectivity index (χ0v) is 11.5. The first-order chi connectivity index (χ1) is 10.0. The molecule has 3 atom stereocenters. The molecule has 4 bridgehead atoms. The lowest BCUT2D eigenvalue weighted by molar-refractivity contribution is -0.380. The van der Waals surface area contributed by atoms with Gasteiger partial charge in [0, 0.05) is 18.9 Å². The molecular weight excluding hydrogens is 276 g/mol. The molecule has 4 fully saturated rings. The summed E-state index contributed by atoms with van der Waals surface area (Å²) in [6.45, 7) is -0.207. The van der Waals surface area contributed by atoms with Crippen molar-refractivity contribution < 1.29 is 24.2 Å². The van der Waals surface area contributed by atoms with E-state index in [0.29, 0.717) is 12.3 Å². The fourth-order valence-corrected chi connectivity index (χ4v) is 3.91. The number of hydrogen-bond acceptors (Lipinski definition) is 5. The van der Waals surface area contributed by atoms with Crippen molar-refractivity contribution in [2.24, 2.45) is 5.92 Å². The summed E-state index contributed by atoms with van der Waals surface area (Å²) in [7, 11) is 0. The number of nitrogens with one attached hydrogen (secondary N) is 1. The number of nitrogens with zero attached hydrogens (tertiary/aromatic N) is 1. The molecule has 114 valence electrons. The summed E-state index contributed by atoms with van der Waals surface area (Å²) in [6.07, 6.45) is 5.48. The Morgan fingerprint density at radius 2 is 2.10 bits per heavy atom. The van der Waals surface area contributed by atoms with E-state index < -0.39 is 12.1 Å². The molecule has 4 heterocycles. The Balaban J connectivity index is 1.42. The number of amides is 2. The first-order valence-electron chi connectivity index (χ1n) is 7.36. The van der Waals surface area contributed by atoms with E-state index >= 15 is 0 Å². The molecule has 0 aromatic carbocycles. The number of rotatable bonds is 3. The highest BCUT2D eigenvalue weighted by Gasteiger charge is 2.54. The molecule has 7 nitrogen and oxygen atoms in total. The number of carbonyl (C=O) groups excluding carboxylic acids is 2. The largest absolute Gasteiger partial charge is 0.370 e. The van der Waals surface area contributed by atoms with E-state index in [4.69, 9.17) is 9.47 Å². The minimum absolute atomic E-state index is 0.150. The fourth-order valence-electron chi connectivity index (χ4n) is 3.91. The SMILES string of the molecule is O=C(CN1C(=O)C=CC1O)NC12CC3CC(CC(C3)O1)O2. The monoisotopic (exact) mass is 294 g/mol. The van der Waals surface area contributed by atoms with Crippen LogP contribution in [0, 0.1) is 5.92 Å². The minimum atomic E-state index is -1.04.